The molecular weight excluding hydrogens is 421 g/mol. The van der Waals surface area contributed by atoms with Crippen LogP contribution in [0.2, 0.25) is 0 Å². The third-order valence-corrected chi connectivity index (χ3v) is 4.53. The number of hydrogen-bond donors (Lipinski definition) is 1. The van der Waals surface area contributed by atoms with E-state index in [0.29, 0.717) is 8.78 Å². The van der Waals surface area contributed by atoms with E-state index in [2.05, 4.69) is 20.7 Å². The topological polar surface area (TPSA) is 93.1 Å². The van der Waals surface area contributed by atoms with E-state index < -0.39 is 27.8 Å². The highest BCUT2D eigenvalue weighted by Gasteiger charge is 2.28. The van der Waals surface area contributed by atoms with Gasteiger partial charge in [0.25, 0.3) is 0 Å². The molecule has 0 radical (unpaired) electrons. The van der Waals surface area contributed by atoms with Gasteiger partial charge in [0.05, 0.1) is 25.5 Å². The molecule has 7 nitrogen and oxygen atoms in total. The molecule has 0 bridgehead atoms. The van der Waals surface area contributed by atoms with Gasteiger partial charge < -0.3 is 9.47 Å². The van der Waals surface area contributed by atoms with E-state index in [-0.39, 0.29) is 17.0 Å². The summed E-state index contributed by atoms with van der Waals surface area (Å²) in [6, 6.07) is 7.30. The lowest BCUT2D eigenvalue weighted by molar-refractivity contribution is 0.0600. The Morgan fingerprint density at radius 2 is 1.80 bits per heavy atom. The predicted molar refractivity (Wildman–Crippen MR) is 92.1 cm³/mol. The number of anilines is 2. The highest BCUT2D eigenvalue weighted by molar-refractivity contribution is 9.10. The van der Waals surface area contributed by atoms with E-state index in [1.165, 1.54) is 44.6 Å². The van der Waals surface area contributed by atoms with E-state index >= 15 is 0 Å². The van der Waals surface area contributed by atoms with Crippen LogP contribution in [0.15, 0.2) is 40.9 Å². The van der Waals surface area contributed by atoms with Crippen LogP contribution in [0.4, 0.5) is 15.8 Å². The minimum atomic E-state index is -4.90. The molecule has 0 fully saturated rings. The van der Waals surface area contributed by atoms with Gasteiger partial charge in [-0.05, 0) is 36.4 Å². The molecule has 0 heterocycles. The number of hydrogen-bond acceptors (Lipinski definition) is 5. The molecule has 0 amide bonds. The third-order valence-electron chi connectivity index (χ3n) is 3.18. The monoisotopic (exact) mass is 433 g/mol. The second-order valence-corrected chi connectivity index (χ2v) is 6.89. The molecule has 0 aliphatic carbocycles. The van der Waals surface area contributed by atoms with Crippen LogP contribution in [0.1, 0.15) is 10.4 Å². The van der Waals surface area contributed by atoms with Crippen molar-refractivity contribution < 1.29 is 31.6 Å². The molecule has 10 heteroatoms. The van der Waals surface area contributed by atoms with Gasteiger partial charge in [-0.3, -0.25) is 4.55 Å². The summed E-state index contributed by atoms with van der Waals surface area (Å²) >= 11 is 3.07. The van der Waals surface area contributed by atoms with Crippen LogP contribution >= 0.6 is 15.9 Å². The zero-order valence-electron chi connectivity index (χ0n) is 13.1. The number of esters is 1. The maximum atomic E-state index is 14.3. The fourth-order valence-corrected chi connectivity index (χ4v) is 3.24. The van der Waals surface area contributed by atoms with Gasteiger partial charge in [0, 0.05) is 4.47 Å². The number of rotatable bonds is 5. The Kier molecular flexibility index (Phi) is 5.65. The molecule has 0 saturated carbocycles. The molecule has 0 aliphatic heterocycles. The standard InChI is InChI=1S/C15H13BrFNO6S/c1-23-14-7-9(15(19)24-2)3-5-13(14)18(25(20,21)22)12-6-4-10(16)8-11(12)17/h3-8H,1-2H3,(H,20,21,22). The van der Waals surface area contributed by atoms with Crippen molar-refractivity contribution in [1.29, 1.82) is 0 Å². The van der Waals surface area contributed by atoms with Crippen molar-refractivity contribution in [3.05, 3.63) is 52.3 Å². The minimum Gasteiger partial charge on any atom is -0.495 e. The van der Waals surface area contributed by atoms with Gasteiger partial charge in [-0.2, -0.15) is 8.42 Å². The van der Waals surface area contributed by atoms with Crippen molar-refractivity contribution >= 4 is 43.6 Å². The van der Waals surface area contributed by atoms with E-state index in [1.807, 2.05) is 0 Å². The number of carbonyl (C=O) groups excluding carboxylic acids is 1. The van der Waals surface area contributed by atoms with Crippen LogP contribution < -0.4 is 9.04 Å². The summed E-state index contributed by atoms with van der Waals surface area (Å²) < 4.78 is 58.0. The Balaban J connectivity index is 2.69. The highest BCUT2D eigenvalue weighted by Crippen LogP contribution is 2.38. The summed E-state index contributed by atoms with van der Waals surface area (Å²) in [6.07, 6.45) is 0. The van der Waals surface area contributed by atoms with E-state index in [9.17, 15) is 22.2 Å². The lowest BCUT2D eigenvalue weighted by Gasteiger charge is -2.23. The summed E-state index contributed by atoms with van der Waals surface area (Å²) in [4.78, 5) is 11.6. The molecule has 2 aromatic rings. The Bertz CT molecular complexity index is 918. The lowest BCUT2D eigenvalue weighted by atomic mass is 10.1. The zero-order chi connectivity index (χ0) is 18.8. The maximum Gasteiger partial charge on any atom is 0.364 e. The molecule has 0 aromatic heterocycles. The maximum absolute atomic E-state index is 14.3. The summed E-state index contributed by atoms with van der Waals surface area (Å²) in [5.41, 5.74) is -0.511. The summed E-state index contributed by atoms with van der Waals surface area (Å²) in [6.45, 7) is 0. The Morgan fingerprint density at radius 1 is 1.16 bits per heavy atom. The molecule has 2 rings (SSSR count). The van der Waals surface area contributed by atoms with Crippen molar-refractivity contribution in [2.45, 2.75) is 0 Å². The summed E-state index contributed by atoms with van der Waals surface area (Å²) in [5, 5.41) is 0. The Labute approximate surface area is 152 Å². The Morgan fingerprint density at radius 3 is 2.32 bits per heavy atom. The van der Waals surface area contributed by atoms with Gasteiger partial charge in [0.15, 0.2) is 0 Å². The van der Waals surface area contributed by atoms with Crippen molar-refractivity contribution in [3.8, 4) is 5.75 Å². The van der Waals surface area contributed by atoms with Gasteiger partial charge in [-0.1, -0.05) is 15.9 Å². The molecule has 134 valence electrons. The van der Waals surface area contributed by atoms with Crippen LogP contribution in [-0.2, 0) is 15.0 Å². The number of ether oxygens (including phenoxy) is 2. The molecule has 0 unspecified atom stereocenters. The SMILES string of the molecule is COC(=O)c1ccc(N(c2ccc(Br)cc2F)S(=O)(=O)O)c(OC)c1. The van der Waals surface area contributed by atoms with Gasteiger partial charge in [-0.25, -0.2) is 13.5 Å². The van der Waals surface area contributed by atoms with Crippen molar-refractivity contribution in [2.24, 2.45) is 0 Å². The third kappa shape index (κ3) is 4.09. The minimum absolute atomic E-state index is 0.0807. The summed E-state index contributed by atoms with van der Waals surface area (Å²) in [7, 11) is -2.47. The summed E-state index contributed by atoms with van der Waals surface area (Å²) in [5.74, 6) is -1.65. The quantitative estimate of drug-likeness (QED) is 0.574. The van der Waals surface area contributed by atoms with Crippen LogP contribution in [0, 0.1) is 5.82 Å². The smallest absolute Gasteiger partial charge is 0.364 e. The number of carbonyl (C=O) groups is 1. The van der Waals surface area contributed by atoms with Gasteiger partial charge >= 0.3 is 16.3 Å². The second kappa shape index (κ2) is 7.38. The molecule has 0 aliphatic rings. The molecule has 0 atom stereocenters. The first-order chi connectivity index (χ1) is 11.7. The van der Waals surface area contributed by atoms with E-state index in [0.717, 1.165) is 6.07 Å². The largest absolute Gasteiger partial charge is 0.495 e. The van der Waals surface area contributed by atoms with Crippen molar-refractivity contribution in [1.82, 2.24) is 0 Å². The van der Waals surface area contributed by atoms with Crippen molar-refractivity contribution in [2.75, 3.05) is 18.5 Å². The Hall–Kier alpha value is -2.17. The van der Waals surface area contributed by atoms with Gasteiger partial charge in [0.2, 0.25) is 0 Å². The zero-order valence-corrected chi connectivity index (χ0v) is 15.5. The fraction of sp³-hybridized carbons (Fsp3) is 0.133. The number of halogens is 2. The normalized spacial score (nSPS) is 11.1. The number of benzene rings is 2. The number of methoxy groups -OCH3 is 2. The molecule has 25 heavy (non-hydrogen) atoms. The predicted octanol–water partition coefficient (Wildman–Crippen LogP) is 3.32. The molecule has 1 N–H and O–H groups in total. The first-order valence-electron chi connectivity index (χ1n) is 6.68. The average molecular weight is 434 g/mol. The molecule has 0 spiro atoms. The number of nitrogens with zero attached hydrogens (tertiary/aromatic N) is 1. The van der Waals surface area contributed by atoms with Crippen LogP contribution in [0.25, 0.3) is 0 Å². The van der Waals surface area contributed by atoms with Crippen LogP contribution in [-0.4, -0.2) is 33.2 Å². The molecule has 0 saturated heterocycles. The highest BCUT2D eigenvalue weighted by atomic mass is 79.9. The van der Waals surface area contributed by atoms with Gasteiger partial charge in [0.1, 0.15) is 17.3 Å². The van der Waals surface area contributed by atoms with E-state index in [4.69, 9.17) is 4.74 Å². The average Bonchev–Trinajstić information content (AvgIpc) is 2.55. The first kappa shape index (κ1) is 19.2. The van der Waals surface area contributed by atoms with Gasteiger partial charge in [-0.15, -0.1) is 0 Å². The second-order valence-electron chi connectivity index (χ2n) is 4.72. The van der Waals surface area contributed by atoms with Crippen molar-refractivity contribution in [3.63, 3.8) is 0 Å². The van der Waals surface area contributed by atoms with Crippen LogP contribution in [0.5, 0.6) is 5.75 Å². The molecule has 2 aromatic carbocycles. The fourth-order valence-electron chi connectivity index (χ4n) is 2.11. The van der Waals surface area contributed by atoms with E-state index in [1.54, 1.807) is 0 Å². The lowest BCUT2D eigenvalue weighted by Crippen LogP contribution is -2.26. The van der Waals surface area contributed by atoms with Crippen LogP contribution in [0.3, 0.4) is 0 Å². The first-order valence-corrected chi connectivity index (χ1v) is 8.87. The molecular formula is C15H13BrFNO6S.